The predicted octanol–water partition coefficient (Wildman–Crippen LogP) is 4.77. The Morgan fingerprint density at radius 1 is 0.926 bits per heavy atom. The third-order valence-corrected chi connectivity index (χ3v) is 4.68. The Morgan fingerprint density at radius 3 is 2.52 bits per heavy atom. The van der Waals surface area contributed by atoms with Crippen LogP contribution in [0, 0.1) is 13.8 Å². The van der Waals surface area contributed by atoms with E-state index in [1.807, 2.05) is 38.1 Å². The molecule has 0 aliphatic carbocycles. The number of nitrogen functional groups attached to an aromatic ring is 1. The van der Waals surface area contributed by atoms with Gasteiger partial charge in [-0.25, -0.2) is 4.98 Å². The van der Waals surface area contributed by atoms with Gasteiger partial charge in [0.1, 0.15) is 5.69 Å². The minimum absolute atomic E-state index is 0.521. The van der Waals surface area contributed by atoms with Gasteiger partial charge in [-0.15, -0.1) is 0 Å². The van der Waals surface area contributed by atoms with E-state index >= 15 is 0 Å². The molecule has 0 unspecified atom stereocenters. The highest BCUT2D eigenvalue weighted by Gasteiger charge is 2.19. The van der Waals surface area contributed by atoms with Crippen LogP contribution in [-0.4, -0.2) is 19.5 Å². The zero-order valence-corrected chi connectivity index (χ0v) is 15.9. The molecule has 1 aromatic carbocycles. The van der Waals surface area contributed by atoms with E-state index in [0.29, 0.717) is 5.95 Å². The Kier molecular flexibility index (Phi) is 4.36. The van der Waals surface area contributed by atoms with E-state index in [9.17, 15) is 0 Å². The second-order valence-electron chi connectivity index (χ2n) is 6.84. The molecule has 0 bridgehead atoms. The Labute approximate surface area is 158 Å². The second kappa shape index (κ2) is 6.83. The quantitative estimate of drug-likeness (QED) is 0.571. The lowest BCUT2D eigenvalue weighted by atomic mass is 10.0. The number of fused-ring (bicyclic) bond motifs is 1. The van der Waals surface area contributed by atoms with Gasteiger partial charge >= 0.3 is 0 Å². The zero-order chi connectivity index (χ0) is 19.0. The highest BCUT2D eigenvalue weighted by molar-refractivity contribution is 5.87. The van der Waals surface area contributed by atoms with E-state index < -0.39 is 0 Å². The van der Waals surface area contributed by atoms with Gasteiger partial charge in [0.2, 0.25) is 5.95 Å². The molecule has 0 fully saturated rings. The molecular weight excluding hydrogens is 334 g/mol. The van der Waals surface area contributed by atoms with Gasteiger partial charge in [-0.1, -0.05) is 25.1 Å². The number of imidazole rings is 1. The maximum atomic E-state index is 6.29. The lowest BCUT2D eigenvalue weighted by molar-refractivity contribution is 0.694. The van der Waals surface area contributed by atoms with Crippen LogP contribution in [0.2, 0.25) is 0 Å². The monoisotopic (exact) mass is 357 g/mol. The minimum Gasteiger partial charge on any atom is -0.369 e. The molecule has 136 valence electrons. The number of hydrogen-bond acceptors (Lipinski definition) is 4. The Balaban J connectivity index is 1.96. The van der Waals surface area contributed by atoms with Gasteiger partial charge in [-0.05, 0) is 50.6 Å². The summed E-state index contributed by atoms with van der Waals surface area (Å²) in [5.74, 6) is 0.521. The lowest BCUT2D eigenvalue weighted by Gasteiger charge is -2.11. The van der Waals surface area contributed by atoms with E-state index in [-0.39, 0.29) is 0 Å². The normalized spacial score (nSPS) is 11.2. The first-order chi connectivity index (χ1) is 13.1. The maximum Gasteiger partial charge on any atom is 0.201 e. The molecule has 3 aromatic heterocycles. The van der Waals surface area contributed by atoms with E-state index in [1.165, 1.54) is 0 Å². The molecule has 0 radical (unpaired) electrons. The largest absolute Gasteiger partial charge is 0.369 e. The molecule has 0 atom stereocenters. The first kappa shape index (κ1) is 17.2. The molecule has 5 nitrogen and oxygen atoms in total. The summed E-state index contributed by atoms with van der Waals surface area (Å²) in [4.78, 5) is 14.0. The van der Waals surface area contributed by atoms with Crippen LogP contribution in [0.1, 0.15) is 24.7 Å². The first-order valence-electron chi connectivity index (χ1n) is 9.24. The number of aromatic nitrogens is 4. The molecule has 0 aliphatic heterocycles. The maximum absolute atomic E-state index is 6.29. The van der Waals surface area contributed by atoms with Crippen molar-refractivity contribution in [3.05, 3.63) is 59.9 Å². The van der Waals surface area contributed by atoms with Crippen LogP contribution in [0.25, 0.3) is 33.5 Å². The van der Waals surface area contributed by atoms with Crippen molar-refractivity contribution < 1.29 is 0 Å². The van der Waals surface area contributed by atoms with Crippen molar-refractivity contribution in [2.75, 3.05) is 5.73 Å². The van der Waals surface area contributed by atoms with Crippen LogP contribution in [0.4, 0.5) is 5.95 Å². The molecule has 2 N–H and O–H groups in total. The van der Waals surface area contributed by atoms with Crippen LogP contribution >= 0.6 is 0 Å². The molecule has 0 spiro atoms. The highest BCUT2D eigenvalue weighted by Crippen LogP contribution is 2.34. The summed E-state index contributed by atoms with van der Waals surface area (Å²) in [6, 6.07) is 16.4. The Hall–Kier alpha value is -3.21. The van der Waals surface area contributed by atoms with E-state index in [1.54, 1.807) is 0 Å². The van der Waals surface area contributed by atoms with Crippen LogP contribution < -0.4 is 5.73 Å². The van der Waals surface area contributed by atoms with Crippen LogP contribution in [-0.2, 0) is 6.54 Å². The number of hydrogen-bond donors (Lipinski definition) is 1. The van der Waals surface area contributed by atoms with Gasteiger partial charge in [-0.3, -0.25) is 9.97 Å². The number of benzene rings is 1. The van der Waals surface area contributed by atoms with Crippen molar-refractivity contribution in [1.82, 2.24) is 19.5 Å². The fourth-order valence-electron chi connectivity index (χ4n) is 3.44. The number of anilines is 1. The van der Waals surface area contributed by atoms with Crippen molar-refractivity contribution in [3.63, 3.8) is 0 Å². The van der Waals surface area contributed by atoms with Crippen molar-refractivity contribution in [2.45, 2.75) is 33.7 Å². The predicted molar refractivity (Wildman–Crippen MR) is 110 cm³/mol. The third-order valence-electron chi connectivity index (χ3n) is 4.68. The summed E-state index contributed by atoms with van der Waals surface area (Å²) < 4.78 is 2.09. The highest BCUT2D eigenvalue weighted by atomic mass is 15.2. The van der Waals surface area contributed by atoms with Crippen molar-refractivity contribution >= 4 is 16.9 Å². The molecule has 3 heterocycles. The van der Waals surface area contributed by atoms with E-state index in [4.69, 9.17) is 5.73 Å². The zero-order valence-electron chi connectivity index (χ0n) is 15.9. The average molecular weight is 357 g/mol. The average Bonchev–Trinajstić information content (AvgIpc) is 2.98. The topological polar surface area (TPSA) is 69.6 Å². The fourth-order valence-corrected chi connectivity index (χ4v) is 3.44. The van der Waals surface area contributed by atoms with Gasteiger partial charge in [0.25, 0.3) is 0 Å². The molecule has 0 saturated heterocycles. The summed E-state index contributed by atoms with van der Waals surface area (Å²) in [7, 11) is 0. The standard InChI is InChI=1S/C22H23N5/c1-4-12-27-21(17-10-11-18-16(13-17)9-8-15(3)24-18)20(26-22(27)23)19-7-5-6-14(2)25-19/h5-11,13H,4,12H2,1-3H3,(H2,23,26). The molecule has 0 aliphatic rings. The van der Waals surface area contributed by atoms with Gasteiger partial charge in [0.05, 0.1) is 16.9 Å². The molecule has 5 heteroatoms. The summed E-state index contributed by atoms with van der Waals surface area (Å²) in [5, 5.41) is 1.10. The number of aryl methyl sites for hydroxylation is 2. The van der Waals surface area contributed by atoms with Crippen LogP contribution in [0.15, 0.2) is 48.5 Å². The van der Waals surface area contributed by atoms with Crippen molar-refractivity contribution in [3.8, 4) is 22.6 Å². The number of nitrogens with two attached hydrogens (primary N) is 1. The molecule has 27 heavy (non-hydrogen) atoms. The van der Waals surface area contributed by atoms with Crippen LogP contribution in [0.3, 0.4) is 0 Å². The molecule has 4 rings (SSSR count). The first-order valence-corrected chi connectivity index (χ1v) is 9.24. The Morgan fingerprint density at radius 2 is 1.74 bits per heavy atom. The van der Waals surface area contributed by atoms with E-state index in [2.05, 4.69) is 50.7 Å². The van der Waals surface area contributed by atoms with Crippen LogP contribution in [0.5, 0.6) is 0 Å². The second-order valence-corrected chi connectivity index (χ2v) is 6.84. The fraction of sp³-hybridized carbons (Fsp3) is 0.227. The summed E-state index contributed by atoms with van der Waals surface area (Å²) in [6.07, 6.45) is 0.975. The van der Waals surface area contributed by atoms with Gasteiger partial charge in [0.15, 0.2) is 0 Å². The smallest absolute Gasteiger partial charge is 0.201 e. The third kappa shape index (κ3) is 3.16. The minimum atomic E-state index is 0.521. The molecule has 0 amide bonds. The SMILES string of the molecule is CCCn1c(N)nc(-c2cccc(C)n2)c1-c1ccc2nc(C)ccc2c1. The van der Waals surface area contributed by atoms with Gasteiger partial charge in [-0.2, -0.15) is 0 Å². The molecule has 0 saturated carbocycles. The van der Waals surface area contributed by atoms with Crippen molar-refractivity contribution in [1.29, 1.82) is 0 Å². The number of rotatable bonds is 4. The summed E-state index contributed by atoms with van der Waals surface area (Å²) in [6.45, 7) is 6.94. The molecule has 4 aromatic rings. The van der Waals surface area contributed by atoms with Gasteiger partial charge in [0, 0.05) is 28.9 Å². The summed E-state index contributed by atoms with van der Waals surface area (Å²) >= 11 is 0. The summed E-state index contributed by atoms with van der Waals surface area (Å²) in [5.41, 5.74) is 13.0. The number of pyridine rings is 2. The van der Waals surface area contributed by atoms with Gasteiger partial charge < -0.3 is 10.3 Å². The number of nitrogens with zero attached hydrogens (tertiary/aromatic N) is 4. The molecular formula is C22H23N5. The Bertz CT molecular complexity index is 1130. The van der Waals surface area contributed by atoms with E-state index in [0.717, 1.165) is 57.9 Å². The lowest BCUT2D eigenvalue weighted by Crippen LogP contribution is -2.04. The van der Waals surface area contributed by atoms with Crippen molar-refractivity contribution in [2.24, 2.45) is 0 Å².